The van der Waals surface area contributed by atoms with E-state index in [1.165, 1.54) is 4.90 Å². The lowest BCUT2D eigenvalue weighted by molar-refractivity contribution is -0.151. The van der Waals surface area contributed by atoms with Gasteiger partial charge in [0.25, 0.3) is 5.91 Å². The molecule has 0 spiro atoms. The lowest BCUT2D eigenvalue weighted by Gasteiger charge is -2.27. The normalized spacial score (nSPS) is 14.1. The van der Waals surface area contributed by atoms with Crippen LogP contribution in [0.4, 0.5) is 17.1 Å². The van der Waals surface area contributed by atoms with Gasteiger partial charge < -0.3 is 19.9 Å². The van der Waals surface area contributed by atoms with E-state index in [1.807, 2.05) is 68.4 Å². The third-order valence-corrected chi connectivity index (χ3v) is 5.34. The molecule has 0 radical (unpaired) electrons. The van der Waals surface area contributed by atoms with Crippen molar-refractivity contribution in [2.75, 3.05) is 29.9 Å². The number of rotatable bonds is 8. The Kier molecular flexibility index (Phi) is 8.25. The number of hydrogen-bond donors (Lipinski definition) is 1. The number of esters is 1. The summed E-state index contributed by atoms with van der Waals surface area (Å²) in [5, 5.41) is 3.31. The van der Waals surface area contributed by atoms with E-state index in [0.717, 1.165) is 36.3 Å². The highest BCUT2D eigenvalue weighted by Crippen LogP contribution is 2.23. The van der Waals surface area contributed by atoms with E-state index in [2.05, 4.69) is 5.32 Å². The summed E-state index contributed by atoms with van der Waals surface area (Å²) >= 11 is 0. The fourth-order valence-corrected chi connectivity index (χ4v) is 3.74. The first-order valence-corrected chi connectivity index (χ1v) is 11.1. The van der Waals surface area contributed by atoms with Crippen molar-refractivity contribution >= 4 is 34.8 Å². The summed E-state index contributed by atoms with van der Waals surface area (Å²) in [7, 11) is 0. The van der Waals surface area contributed by atoms with Gasteiger partial charge in [-0.15, -0.1) is 0 Å². The van der Waals surface area contributed by atoms with Crippen LogP contribution >= 0.6 is 0 Å². The summed E-state index contributed by atoms with van der Waals surface area (Å²) in [6, 6.07) is 17.3. The fourth-order valence-electron chi connectivity index (χ4n) is 3.74. The van der Waals surface area contributed by atoms with Crippen LogP contribution in [0, 0.1) is 0 Å². The Labute approximate surface area is 189 Å². The molecule has 1 heterocycles. The van der Waals surface area contributed by atoms with Crippen LogP contribution < -0.4 is 10.2 Å². The molecule has 2 aromatic carbocycles. The summed E-state index contributed by atoms with van der Waals surface area (Å²) in [6.07, 6.45) is 3.18. The zero-order chi connectivity index (χ0) is 22.9. The molecular formula is C25H31N3O4. The highest BCUT2D eigenvalue weighted by atomic mass is 16.5. The highest BCUT2D eigenvalue weighted by Gasteiger charge is 2.23. The summed E-state index contributed by atoms with van der Waals surface area (Å²) in [4.78, 5) is 40.2. The van der Waals surface area contributed by atoms with Crippen molar-refractivity contribution in [3.63, 3.8) is 0 Å². The Bertz CT molecular complexity index is 913. The molecule has 1 aliphatic rings. The van der Waals surface area contributed by atoms with Crippen LogP contribution in [0.5, 0.6) is 0 Å². The van der Waals surface area contributed by atoms with E-state index in [4.69, 9.17) is 4.74 Å². The van der Waals surface area contributed by atoms with Crippen LogP contribution in [0.15, 0.2) is 54.6 Å². The van der Waals surface area contributed by atoms with Gasteiger partial charge in [-0.25, -0.2) is 0 Å². The number of nitrogens with one attached hydrogen (secondary N) is 1. The number of hydrogen-bond acceptors (Lipinski definition) is 5. The van der Waals surface area contributed by atoms with E-state index < -0.39 is 5.97 Å². The van der Waals surface area contributed by atoms with Gasteiger partial charge in [0.2, 0.25) is 5.91 Å². The second kappa shape index (κ2) is 11.3. The zero-order valence-corrected chi connectivity index (χ0v) is 18.8. The minimum atomic E-state index is -0.556. The van der Waals surface area contributed by atoms with Crippen LogP contribution in [-0.2, 0) is 19.1 Å². The van der Waals surface area contributed by atoms with Crippen LogP contribution in [-0.4, -0.2) is 48.4 Å². The van der Waals surface area contributed by atoms with Crippen molar-refractivity contribution in [2.45, 2.75) is 45.6 Å². The lowest BCUT2D eigenvalue weighted by Crippen LogP contribution is -2.41. The monoisotopic (exact) mass is 437 g/mol. The molecule has 3 rings (SSSR count). The first-order chi connectivity index (χ1) is 15.4. The maximum Gasteiger partial charge on any atom is 0.326 e. The van der Waals surface area contributed by atoms with E-state index in [-0.39, 0.29) is 31.0 Å². The van der Waals surface area contributed by atoms with Gasteiger partial charge in [-0.3, -0.25) is 14.4 Å². The predicted molar refractivity (Wildman–Crippen MR) is 125 cm³/mol. The molecule has 0 unspecified atom stereocenters. The van der Waals surface area contributed by atoms with Crippen LogP contribution in [0.25, 0.3) is 0 Å². The van der Waals surface area contributed by atoms with E-state index in [0.29, 0.717) is 13.0 Å². The van der Waals surface area contributed by atoms with Crippen LogP contribution in [0.2, 0.25) is 0 Å². The standard InChI is InChI=1S/C25H31N3O4/c1-19(2)28(22-14-12-21(13-15-22)26-20-9-5-3-6-10-20)24(30)18-32-25(31)17-27-16-8-4-7-11-23(27)29/h3,5-6,9-10,12-15,19,26H,4,7-8,11,16-18H2,1-2H3. The summed E-state index contributed by atoms with van der Waals surface area (Å²) in [5.41, 5.74) is 2.61. The molecular weight excluding hydrogens is 406 g/mol. The Balaban J connectivity index is 1.57. The van der Waals surface area contributed by atoms with Gasteiger partial charge in [-0.2, -0.15) is 0 Å². The molecule has 2 amide bonds. The highest BCUT2D eigenvalue weighted by molar-refractivity contribution is 5.96. The van der Waals surface area contributed by atoms with Crippen molar-refractivity contribution in [3.05, 3.63) is 54.6 Å². The van der Waals surface area contributed by atoms with Gasteiger partial charge in [0.05, 0.1) is 0 Å². The Morgan fingerprint density at radius 3 is 2.38 bits per heavy atom. The average molecular weight is 438 g/mol. The molecule has 7 nitrogen and oxygen atoms in total. The first-order valence-electron chi connectivity index (χ1n) is 11.1. The predicted octanol–water partition coefficient (Wildman–Crippen LogP) is 4.12. The summed E-state index contributed by atoms with van der Waals surface area (Å²) in [5.74, 6) is -0.891. The fraction of sp³-hybridized carbons (Fsp3) is 0.400. The van der Waals surface area contributed by atoms with Gasteiger partial charge in [-0.05, 0) is 63.1 Å². The van der Waals surface area contributed by atoms with E-state index in [1.54, 1.807) is 4.90 Å². The van der Waals surface area contributed by atoms with Crippen molar-refractivity contribution in [3.8, 4) is 0 Å². The molecule has 170 valence electrons. The summed E-state index contributed by atoms with van der Waals surface area (Å²) in [6.45, 7) is 3.91. The van der Waals surface area contributed by atoms with Crippen LogP contribution in [0.1, 0.15) is 39.5 Å². The number of benzene rings is 2. The quantitative estimate of drug-likeness (QED) is 0.629. The maximum absolute atomic E-state index is 12.8. The van der Waals surface area contributed by atoms with Gasteiger partial charge in [-0.1, -0.05) is 24.6 Å². The number of para-hydroxylation sites is 1. The molecule has 1 N–H and O–H groups in total. The molecule has 1 saturated heterocycles. The molecule has 32 heavy (non-hydrogen) atoms. The van der Waals surface area contributed by atoms with Gasteiger partial charge in [0.15, 0.2) is 6.61 Å². The van der Waals surface area contributed by atoms with Crippen molar-refractivity contribution in [2.24, 2.45) is 0 Å². The molecule has 1 aliphatic heterocycles. The maximum atomic E-state index is 12.8. The second-order valence-corrected chi connectivity index (χ2v) is 8.18. The van der Waals surface area contributed by atoms with Crippen molar-refractivity contribution < 1.29 is 19.1 Å². The molecule has 0 bridgehead atoms. The van der Waals surface area contributed by atoms with Crippen LogP contribution in [0.3, 0.4) is 0 Å². The average Bonchev–Trinajstić information content (AvgIpc) is 2.98. The van der Waals surface area contributed by atoms with Gasteiger partial charge in [0, 0.05) is 36.1 Å². The minimum absolute atomic E-state index is 0.0289. The Morgan fingerprint density at radius 1 is 1.00 bits per heavy atom. The molecule has 0 saturated carbocycles. The third-order valence-electron chi connectivity index (χ3n) is 5.34. The van der Waals surface area contributed by atoms with Crippen molar-refractivity contribution in [1.82, 2.24) is 4.90 Å². The number of amides is 2. The van der Waals surface area contributed by atoms with Gasteiger partial charge in [0.1, 0.15) is 6.54 Å². The molecule has 2 aromatic rings. The molecule has 0 aromatic heterocycles. The van der Waals surface area contributed by atoms with Crippen molar-refractivity contribution in [1.29, 1.82) is 0 Å². The Morgan fingerprint density at radius 2 is 1.69 bits per heavy atom. The third kappa shape index (κ3) is 6.57. The minimum Gasteiger partial charge on any atom is -0.454 e. The first kappa shape index (κ1) is 23.3. The molecule has 0 atom stereocenters. The topological polar surface area (TPSA) is 79.0 Å². The number of ether oxygens (including phenoxy) is 1. The number of nitrogens with zero attached hydrogens (tertiary/aromatic N) is 2. The number of carbonyl (C=O) groups excluding carboxylic acids is 3. The number of carbonyl (C=O) groups is 3. The largest absolute Gasteiger partial charge is 0.454 e. The Hall–Kier alpha value is -3.35. The molecule has 0 aliphatic carbocycles. The van der Waals surface area contributed by atoms with E-state index >= 15 is 0 Å². The summed E-state index contributed by atoms with van der Waals surface area (Å²) < 4.78 is 5.21. The smallest absolute Gasteiger partial charge is 0.326 e. The molecule has 1 fully saturated rings. The lowest BCUT2D eigenvalue weighted by atomic mass is 10.2. The number of likely N-dealkylation sites (tertiary alicyclic amines) is 1. The molecule has 7 heteroatoms. The SMILES string of the molecule is CC(C)N(C(=O)COC(=O)CN1CCCCCC1=O)c1ccc(Nc2ccccc2)cc1. The van der Waals surface area contributed by atoms with E-state index in [9.17, 15) is 14.4 Å². The number of anilines is 3. The second-order valence-electron chi connectivity index (χ2n) is 8.18. The van der Waals surface area contributed by atoms with Gasteiger partial charge >= 0.3 is 5.97 Å². The zero-order valence-electron chi connectivity index (χ0n) is 18.8.